The Kier molecular flexibility index (Phi) is 6.00. The third-order valence-electron chi connectivity index (χ3n) is 5.66. The second kappa shape index (κ2) is 8.26. The summed E-state index contributed by atoms with van der Waals surface area (Å²) >= 11 is 0. The van der Waals surface area contributed by atoms with E-state index >= 15 is 0 Å². The number of esters is 1. The minimum Gasteiger partial charge on any atom is -0.466 e. The predicted octanol–water partition coefficient (Wildman–Crippen LogP) is 3.42. The molecule has 0 radical (unpaired) electrons. The monoisotopic (exact) mass is 369 g/mol. The van der Waals surface area contributed by atoms with Crippen molar-refractivity contribution < 1.29 is 9.53 Å². The van der Waals surface area contributed by atoms with E-state index in [1.54, 1.807) is 0 Å². The summed E-state index contributed by atoms with van der Waals surface area (Å²) in [6, 6.07) is 8.36. The number of nitrogens with zero attached hydrogens (tertiary/aromatic N) is 3. The number of aromatic nitrogens is 2. The van der Waals surface area contributed by atoms with E-state index in [1.807, 2.05) is 31.6 Å². The zero-order chi connectivity index (χ0) is 19.4. The summed E-state index contributed by atoms with van der Waals surface area (Å²) in [7, 11) is 1.95. The quantitative estimate of drug-likeness (QED) is 0.732. The maximum Gasteiger partial charge on any atom is 0.313 e. The third-order valence-corrected chi connectivity index (χ3v) is 5.66. The molecule has 1 fully saturated rings. The number of rotatable bonds is 6. The third kappa shape index (κ3) is 4.41. The lowest BCUT2D eigenvalue weighted by molar-refractivity contribution is -0.159. The molecule has 1 saturated heterocycles. The first-order valence-electron chi connectivity index (χ1n) is 9.87. The molecule has 1 aromatic heterocycles. The van der Waals surface area contributed by atoms with E-state index in [-0.39, 0.29) is 5.97 Å². The van der Waals surface area contributed by atoms with Gasteiger partial charge in [-0.3, -0.25) is 14.4 Å². The van der Waals surface area contributed by atoms with Crippen LogP contribution in [0.1, 0.15) is 42.1 Å². The molecular weight excluding hydrogens is 338 g/mol. The normalized spacial score (nSPS) is 20.6. The molecule has 0 N–H and O–H groups in total. The molecule has 0 bridgehead atoms. The number of aryl methyl sites for hydroxylation is 3. The molecular formula is C22H31N3O2. The molecule has 0 spiro atoms. The lowest BCUT2D eigenvalue weighted by atomic mass is 9.74. The minimum atomic E-state index is -0.476. The molecule has 2 aromatic rings. The van der Waals surface area contributed by atoms with Gasteiger partial charge < -0.3 is 4.74 Å². The number of piperidine rings is 1. The SMILES string of the molecule is CCOC(=O)[C@]1(Cc2ccccc2C)CCCN(Cc2cn(C)nc2C)C1. The number of likely N-dealkylation sites (tertiary alicyclic amines) is 1. The van der Waals surface area contributed by atoms with Gasteiger partial charge in [0, 0.05) is 31.9 Å². The Bertz CT molecular complexity index is 799. The van der Waals surface area contributed by atoms with E-state index in [0.29, 0.717) is 6.61 Å². The molecule has 1 atom stereocenters. The highest BCUT2D eigenvalue weighted by atomic mass is 16.5. The number of carbonyl (C=O) groups is 1. The molecule has 1 aliphatic heterocycles. The zero-order valence-corrected chi connectivity index (χ0v) is 17.0. The van der Waals surface area contributed by atoms with E-state index in [4.69, 9.17) is 4.74 Å². The van der Waals surface area contributed by atoms with Crippen molar-refractivity contribution in [2.45, 2.75) is 46.6 Å². The summed E-state index contributed by atoms with van der Waals surface area (Å²) in [6.07, 6.45) is 4.70. The summed E-state index contributed by atoms with van der Waals surface area (Å²) in [5, 5.41) is 4.46. The van der Waals surface area contributed by atoms with E-state index in [1.165, 1.54) is 16.7 Å². The Morgan fingerprint density at radius 1 is 1.26 bits per heavy atom. The highest BCUT2D eigenvalue weighted by Gasteiger charge is 2.43. The van der Waals surface area contributed by atoms with Crippen molar-refractivity contribution in [1.29, 1.82) is 0 Å². The lowest BCUT2D eigenvalue weighted by Crippen LogP contribution is -2.49. The van der Waals surface area contributed by atoms with Crippen LogP contribution in [-0.4, -0.2) is 40.3 Å². The Labute approximate surface area is 162 Å². The van der Waals surface area contributed by atoms with Gasteiger partial charge in [-0.05, 0) is 57.7 Å². The van der Waals surface area contributed by atoms with E-state index in [0.717, 1.165) is 44.6 Å². The molecule has 0 aliphatic carbocycles. The van der Waals surface area contributed by atoms with Gasteiger partial charge in [0.1, 0.15) is 0 Å². The van der Waals surface area contributed by atoms with Crippen LogP contribution in [-0.2, 0) is 29.5 Å². The number of hydrogen-bond acceptors (Lipinski definition) is 4. The van der Waals surface area contributed by atoms with Crippen LogP contribution >= 0.6 is 0 Å². The summed E-state index contributed by atoms with van der Waals surface area (Å²) in [4.78, 5) is 15.4. The average Bonchev–Trinajstić information content (AvgIpc) is 2.94. The number of carbonyl (C=O) groups excluding carboxylic acids is 1. The van der Waals surface area contributed by atoms with Crippen molar-refractivity contribution in [3.8, 4) is 0 Å². The van der Waals surface area contributed by atoms with Crippen molar-refractivity contribution in [3.05, 3.63) is 52.8 Å². The standard InChI is InChI=1S/C22H31N3O2/c1-5-27-21(26)22(13-19-10-7-6-9-17(19)2)11-8-12-25(16-22)15-20-14-24(4)23-18(20)3/h6-7,9-10,14H,5,8,11-13,15-16H2,1-4H3/t22-/m0/s1. The van der Waals surface area contributed by atoms with Crippen LogP contribution < -0.4 is 0 Å². The zero-order valence-electron chi connectivity index (χ0n) is 17.0. The summed E-state index contributed by atoms with van der Waals surface area (Å²) in [5.74, 6) is -0.0548. The van der Waals surface area contributed by atoms with Gasteiger partial charge in [-0.1, -0.05) is 24.3 Å². The summed E-state index contributed by atoms with van der Waals surface area (Å²) in [5.41, 5.74) is 4.29. The van der Waals surface area contributed by atoms with Crippen LogP contribution in [0.25, 0.3) is 0 Å². The van der Waals surface area contributed by atoms with Crippen molar-refractivity contribution in [1.82, 2.24) is 14.7 Å². The first-order chi connectivity index (χ1) is 12.9. The first-order valence-corrected chi connectivity index (χ1v) is 9.87. The fourth-order valence-electron chi connectivity index (χ4n) is 4.25. The smallest absolute Gasteiger partial charge is 0.313 e. The highest BCUT2D eigenvalue weighted by molar-refractivity contribution is 5.78. The van der Waals surface area contributed by atoms with Crippen molar-refractivity contribution in [2.24, 2.45) is 12.5 Å². The van der Waals surface area contributed by atoms with Gasteiger partial charge >= 0.3 is 5.97 Å². The Morgan fingerprint density at radius 3 is 2.70 bits per heavy atom. The lowest BCUT2D eigenvalue weighted by Gasteiger charge is -2.41. The van der Waals surface area contributed by atoms with E-state index in [9.17, 15) is 4.79 Å². The number of ether oxygens (including phenoxy) is 1. The Hall–Kier alpha value is -2.14. The van der Waals surface area contributed by atoms with Gasteiger partial charge in [0.25, 0.3) is 0 Å². The molecule has 3 rings (SSSR count). The molecule has 0 saturated carbocycles. The molecule has 0 amide bonds. The topological polar surface area (TPSA) is 47.4 Å². The van der Waals surface area contributed by atoms with Crippen molar-refractivity contribution >= 4 is 5.97 Å². The van der Waals surface area contributed by atoms with Crippen LogP contribution in [0.15, 0.2) is 30.5 Å². The Morgan fingerprint density at radius 2 is 2.04 bits per heavy atom. The van der Waals surface area contributed by atoms with Gasteiger partial charge in [-0.2, -0.15) is 5.10 Å². The largest absolute Gasteiger partial charge is 0.466 e. The molecule has 27 heavy (non-hydrogen) atoms. The van der Waals surface area contributed by atoms with Gasteiger partial charge in [-0.25, -0.2) is 0 Å². The maximum absolute atomic E-state index is 13.0. The molecule has 146 valence electrons. The molecule has 1 aromatic carbocycles. The van der Waals surface area contributed by atoms with Gasteiger partial charge in [0.2, 0.25) is 0 Å². The van der Waals surface area contributed by atoms with E-state index in [2.05, 4.69) is 41.3 Å². The first kappa shape index (κ1) is 19.6. The van der Waals surface area contributed by atoms with Crippen LogP contribution in [0.3, 0.4) is 0 Å². The van der Waals surface area contributed by atoms with Crippen LogP contribution in [0.5, 0.6) is 0 Å². The minimum absolute atomic E-state index is 0.0548. The van der Waals surface area contributed by atoms with Crippen molar-refractivity contribution in [2.75, 3.05) is 19.7 Å². The maximum atomic E-state index is 13.0. The van der Waals surface area contributed by atoms with Crippen LogP contribution in [0, 0.1) is 19.3 Å². The summed E-state index contributed by atoms with van der Waals surface area (Å²) in [6.45, 7) is 9.04. The van der Waals surface area contributed by atoms with Crippen LogP contribution in [0.4, 0.5) is 0 Å². The fraction of sp³-hybridized carbons (Fsp3) is 0.545. The second-order valence-electron chi connectivity index (χ2n) is 7.83. The number of benzene rings is 1. The van der Waals surface area contributed by atoms with E-state index < -0.39 is 5.41 Å². The van der Waals surface area contributed by atoms with Gasteiger partial charge in [0.15, 0.2) is 0 Å². The molecule has 1 aliphatic rings. The van der Waals surface area contributed by atoms with Crippen LogP contribution in [0.2, 0.25) is 0 Å². The molecule has 5 nitrogen and oxygen atoms in total. The van der Waals surface area contributed by atoms with Crippen molar-refractivity contribution in [3.63, 3.8) is 0 Å². The highest BCUT2D eigenvalue weighted by Crippen LogP contribution is 2.36. The molecule has 2 heterocycles. The predicted molar refractivity (Wildman–Crippen MR) is 106 cm³/mol. The van der Waals surface area contributed by atoms with Gasteiger partial charge in [0.05, 0.1) is 17.7 Å². The Balaban J connectivity index is 1.84. The number of hydrogen-bond donors (Lipinski definition) is 0. The van der Waals surface area contributed by atoms with Gasteiger partial charge in [-0.15, -0.1) is 0 Å². The summed E-state index contributed by atoms with van der Waals surface area (Å²) < 4.78 is 7.40. The molecule has 0 unspecified atom stereocenters. The average molecular weight is 370 g/mol. The second-order valence-corrected chi connectivity index (χ2v) is 7.83. The fourth-order valence-corrected chi connectivity index (χ4v) is 4.25. The molecule has 5 heteroatoms.